The zero-order chi connectivity index (χ0) is 18.3. The van der Waals surface area contributed by atoms with E-state index in [1.54, 1.807) is 41.5 Å². The van der Waals surface area contributed by atoms with Crippen LogP contribution in [0.25, 0.3) is 0 Å². The summed E-state index contributed by atoms with van der Waals surface area (Å²) in [5, 5.41) is 35.3. The molecule has 0 aliphatic heterocycles. The van der Waals surface area contributed by atoms with Crippen molar-refractivity contribution in [2.24, 2.45) is 0 Å². The van der Waals surface area contributed by atoms with Crippen LogP contribution in [-0.2, 0) is 26.5 Å². The molecular formula is C16H35O5Ti-2. The van der Waals surface area contributed by atoms with Crippen LogP contribution < -0.4 is 15.3 Å². The normalized spacial score (nSPS) is 7.91. The maximum absolute atomic E-state index is 9.53. The Labute approximate surface area is 153 Å². The molecule has 0 heterocycles. The molecule has 6 heteroatoms. The molecule has 0 aliphatic carbocycles. The standard InChI is InChI=1S/C6H13.3C3H7O.CHO2.Ti/c1-3-5-6-4-2;3*1-3(2)4;2-1-3;/h1,3-6H2,2H3;3*3H,1-2H3;(H,2,3);/q5*-1;+3. The summed E-state index contributed by atoms with van der Waals surface area (Å²) in [4.78, 5) is 8.24. The van der Waals surface area contributed by atoms with Gasteiger partial charge >= 0.3 is 21.7 Å². The molecule has 0 saturated carbocycles. The van der Waals surface area contributed by atoms with Crippen molar-refractivity contribution >= 4 is 6.47 Å². The topological polar surface area (TPSA) is 106 Å². The van der Waals surface area contributed by atoms with Crippen molar-refractivity contribution in [1.82, 2.24) is 0 Å². The second-order valence-corrected chi connectivity index (χ2v) is 4.80. The van der Waals surface area contributed by atoms with E-state index in [-0.39, 0.29) is 21.7 Å². The molecule has 0 aromatic rings. The van der Waals surface area contributed by atoms with E-state index in [4.69, 9.17) is 9.90 Å². The Bertz CT molecular complexity index is 116. The first kappa shape index (κ1) is 37.9. The summed E-state index contributed by atoms with van der Waals surface area (Å²) in [7, 11) is 0. The predicted molar refractivity (Wildman–Crippen MR) is 83.2 cm³/mol. The molecule has 0 atom stereocenters. The monoisotopic (exact) mass is 355 g/mol. The maximum Gasteiger partial charge on any atom is 3.00 e. The second kappa shape index (κ2) is 42.9. The van der Waals surface area contributed by atoms with Gasteiger partial charge in [0.1, 0.15) is 0 Å². The molecule has 0 aliphatic rings. The van der Waals surface area contributed by atoms with E-state index in [0.29, 0.717) is 6.47 Å². The molecular weight excluding hydrogens is 320 g/mol. The van der Waals surface area contributed by atoms with Gasteiger partial charge in [-0.2, -0.15) is 6.42 Å². The molecule has 1 N–H and O–H groups in total. The minimum atomic E-state index is -0.417. The van der Waals surface area contributed by atoms with Gasteiger partial charge in [0.05, 0.1) is 0 Å². The van der Waals surface area contributed by atoms with Gasteiger partial charge in [0, 0.05) is 0 Å². The first-order valence-corrected chi connectivity index (χ1v) is 7.31. The van der Waals surface area contributed by atoms with Gasteiger partial charge in [-0.3, -0.25) is 0 Å². The Kier molecular flexibility index (Phi) is 73.9. The zero-order valence-corrected chi connectivity index (χ0v) is 16.9. The predicted octanol–water partition coefficient (Wildman–Crippen LogP) is 1.28. The van der Waals surface area contributed by atoms with Crippen LogP contribution in [0.3, 0.4) is 0 Å². The molecule has 0 amide bonds. The summed E-state index contributed by atoms with van der Waals surface area (Å²) in [5.41, 5.74) is 0. The fourth-order valence-corrected chi connectivity index (χ4v) is 0.427. The van der Waals surface area contributed by atoms with E-state index in [1.807, 2.05) is 0 Å². The van der Waals surface area contributed by atoms with Gasteiger partial charge in [-0.1, -0.05) is 74.2 Å². The molecule has 135 valence electrons. The van der Waals surface area contributed by atoms with Crippen molar-refractivity contribution in [3.63, 3.8) is 0 Å². The third-order valence-electron chi connectivity index (χ3n) is 0.854. The van der Waals surface area contributed by atoms with Crippen molar-refractivity contribution in [2.75, 3.05) is 0 Å². The Balaban J connectivity index is -0.0000000367. The zero-order valence-electron chi connectivity index (χ0n) is 15.3. The Morgan fingerprint density at radius 1 is 0.909 bits per heavy atom. The molecule has 0 saturated heterocycles. The van der Waals surface area contributed by atoms with Gasteiger partial charge in [0.2, 0.25) is 0 Å². The SMILES string of the molecule is CC(C)[O-].CC(C)[O-].CC(C)[O-].O=[C-]O.[CH2-]CCCCC.[Ti+3]. The molecule has 5 nitrogen and oxygen atoms in total. The summed E-state index contributed by atoms with van der Waals surface area (Å²) in [6, 6.07) is 0. The first-order chi connectivity index (χ1) is 9.52. The van der Waals surface area contributed by atoms with Crippen LogP contribution in [0.5, 0.6) is 0 Å². The van der Waals surface area contributed by atoms with Gasteiger partial charge < -0.3 is 32.1 Å². The average Bonchev–Trinajstić information content (AvgIpc) is 2.25. The van der Waals surface area contributed by atoms with Crippen LogP contribution in [0.1, 0.15) is 74.1 Å². The molecule has 0 spiro atoms. The maximum atomic E-state index is 9.53. The summed E-state index contributed by atoms with van der Waals surface area (Å²) in [5.74, 6) is 0. The number of hydrogen-bond donors (Lipinski definition) is 1. The second-order valence-electron chi connectivity index (χ2n) is 4.80. The van der Waals surface area contributed by atoms with Crippen molar-refractivity contribution in [3.8, 4) is 0 Å². The molecule has 0 rings (SSSR count). The van der Waals surface area contributed by atoms with E-state index in [2.05, 4.69) is 13.8 Å². The number of aliphatic hydroxyl groups excluding tert-OH is 1. The smallest absolute Gasteiger partial charge is 0.852 e. The van der Waals surface area contributed by atoms with Gasteiger partial charge in [-0.05, 0) is 0 Å². The number of unbranched alkanes of at least 4 members (excludes halogenated alkanes) is 3. The van der Waals surface area contributed by atoms with E-state index in [9.17, 15) is 15.3 Å². The Hall–Kier alpha value is 0.0643. The van der Waals surface area contributed by atoms with E-state index in [0.717, 1.165) is 6.42 Å². The van der Waals surface area contributed by atoms with Crippen LogP contribution >= 0.6 is 0 Å². The molecule has 0 fully saturated rings. The molecule has 0 unspecified atom stereocenters. The van der Waals surface area contributed by atoms with Crippen LogP contribution in [0.15, 0.2) is 0 Å². The van der Waals surface area contributed by atoms with Crippen LogP contribution in [0.4, 0.5) is 0 Å². The first-order valence-electron chi connectivity index (χ1n) is 7.31. The van der Waals surface area contributed by atoms with E-state index in [1.165, 1.54) is 19.3 Å². The summed E-state index contributed by atoms with van der Waals surface area (Å²) < 4.78 is 0. The third-order valence-corrected chi connectivity index (χ3v) is 0.854. The molecule has 0 aromatic carbocycles. The molecule has 1 radical (unpaired) electrons. The van der Waals surface area contributed by atoms with Crippen molar-refractivity contribution in [3.05, 3.63) is 6.92 Å². The number of hydrogen-bond acceptors (Lipinski definition) is 4. The van der Waals surface area contributed by atoms with Crippen LogP contribution in [0.2, 0.25) is 0 Å². The van der Waals surface area contributed by atoms with Gasteiger partial charge in [-0.15, -0.1) is 18.3 Å². The van der Waals surface area contributed by atoms with Crippen LogP contribution in [-0.4, -0.2) is 29.9 Å². The third kappa shape index (κ3) is 777. The molecule has 0 bridgehead atoms. The number of rotatable bonds is 3. The minimum absolute atomic E-state index is 0. The Morgan fingerprint density at radius 3 is 1.14 bits per heavy atom. The van der Waals surface area contributed by atoms with Gasteiger partial charge in [-0.25, -0.2) is 0 Å². The van der Waals surface area contributed by atoms with E-state index < -0.39 is 18.3 Å². The molecule has 0 aromatic heterocycles. The minimum Gasteiger partial charge on any atom is -0.852 e. The van der Waals surface area contributed by atoms with E-state index >= 15 is 0 Å². The quantitative estimate of drug-likeness (QED) is 0.466. The van der Waals surface area contributed by atoms with Crippen LogP contribution in [0, 0.1) is 6.92 Å². The van der Waals surface area contributed by atoms with Crippen molar-refractivity contribution in [1.29, 1.82) is 0 Å². The van der Waals surface area contributed by atoms with Gasteiger partial charge in [0.25, 0.3) is 0 Å². The summed E-state index contributed by atoms with van der Waals surface area (Å²) in [6.07, 6.45) is 3.82. The fraction of sp³-hybridized carbons (Fsp3) is 0.875. The van der Waals surface area contributed by atoms with Crippen molar-refractivity contribution < 1.29 is 46.9 Å². The van der Waals surface area contributed by atoms with Crippen molar-refractivity contribution in [2.45, 2.75) is 92.5 Å². The molecule has 22 heavy (non-hydrogen) atoms. The Morgan fingerprint density at radius 2 is 1.09 bits per heavy atom. The fourth-order valence-electron chi connectivity index (χ4n) is 0.427. The average molecular weight is 355 g/mol. The largest absolute Gasteiger partial charge is 3.00 e. The summed E-state index contributed by atoms with van der Waals surface area (Å²) >= 11 is 0. The summed E-state index contributed by atoms with van der Waals surface area (Å²) in [6.45, 7) is 16.1. The van der Waals surface area contributed by atoms with Gasteiger partial charge in [0.15, 0.2) is 0 Å².